The molecule has 0 bridgehead atoms. The number of hydrogen-bond donors (Lipinski definition) is 1. The number of rotatable bonds is 8. The minimum Gasteiger partial charge on any atom is -0.497 e. The molecule has 2 heterocycles. The maximum absolute atomic E-state index is 13.0. The van der Waals surface area contributed by atoms with Crippen LogP contribution in [0.15, 0.2) is 83.5 Å². The molecular weight excluding hydrogens is 394 g/mol. The highest BCUT2D eigenvalue weighted by molar-refractivity contribution is 5.92. The summed E-state index contributed by atoms with van der Waals surface area (Å²) in [5, 5.41) is 3.02. The minimum absolute atomic E-state index is 0.203. The molecule has 4 aromatic rings. The summed E-state index contributed by atoms with van der Waals surface area (Å²) in [4.78, 5) is 17.4. The van der Waals surface area contributed by atoms with Gasteiger partial charge >= 0.3 is 0 Å². The summed E-state index contributed by atoms with van der Waals surface area (Å²) in [5.74, 6) is 2.54. The highest BCUT2D eigenvalue weighted by Crippen LogP contribution is 2.25. The Labute approximate surface area is 180 Å². The molecule has 1 unspecified atom stereocenters. The van der Waals surface area contributed by atoms with E-state index in [1.54, 1.807) is 25.4 Å². The van der Waals surface area contributed by atoms with Gasteiger partial charge in [0.05, 0.1) is 7.11 Å². The first-order valence-corrected chi connectivity index (χ1v) is 9.82. The molecule has 2 aromatic heterocycles. The van der Waals surface area contributed by atoms with Gasteiger partial charge in [0.15, 0.2) is 5.76 Å². The monoisotopic (exact) mass is 417 g/mol. The van der Waals surface area contributed by atoms with Gasteiger partial charge < -0.3 is 23.8 Å². The molecular formula is C24H23N3O4. The number of amides is 1. The van der Waals surface area contributed by atoms with Crippen LogP contribution in [0.3, 0.4) is 0 Å². The van der Waals surface area contributed by atoms with Gasteiger partial charge in [-0.1, -0.05) is 30.3 Å². The van der Waals surface area contributed by atoms with Gasteiger partial charge in [-0.2, -0.15) is 0 Å². The lowest BCUT2D eigenvalue weighted by Crippen LogP contribution is -2.30. The molecule has 0 saturated carbocycles. The summed E-state index contributed by atoms with van der Waals surface area (Å²) in [6.07, 6.45) is 3.53. The van der Waals surface area contributed by atoms with Crippen molar-refractivity contribution in [3.8, 4) is 11.5 Å². The summed E-state index contributed by atoms with van der Waals surface area (Å²) < 4.78 is 18.6. The van der Waals surface area contributed by atoms with Crippen molar-refractivity contribution >= 4 is 5.91 Å². The van der Waals surface area contributed by atoms with Gasteiger partial charge in [0.2, 0.25) is 0 Å². The maximum atomic E-state index is 13.0. The summed E-state index contributed by atoms with van der Waals surface area (Å²) in [6.45, 7) is 0.232. The summed E-state index contributed by atoms with van der Waals surface area (Å²) in [6, 6.07) is 19.9. The fraction of sp³-hybridized carbons (Fsp3) is 0.167. The lowest BCUT2D eigenvalue weighted by atomic mass is 10.1. The predicted molar refractivity (Wildman–Crippen MR) is 115 cm³/mol. The number of imidazole rings is 1. The molecule has 0 radical (unpaired) electrons. The van der Waals surface area contributed by atoms with E-state index < -0.39 is 6.04 Å². The van der Waals surface area contributed by atoms with E-state index in [4.69, 9.17) is 13.9 Å². The Hall–Kier alpha value is -4.00. The van der Waals surface area contributed by atoms with Crippen molar-refractivity contribution in [3.63, 3.8) is 0 Å². The minimum atomic E-state index is -0.475. The standard InChI is InChI=1S/C24H23N3O4/c1-27-14-13-25-23(27)22(17-7-6-10-19(15-17)29-2)26-24(28)21-12-11-20(31-21)16-30-18-8-4-3-5-9-18/h3-15,22H,16H2,1-2H3,(H,26,28). The van der Waals surface area contributed by atoms with Crippen LogP contribution in [0.4, 0.5) is 0 Å². The number of ether oxygens (including phenoxy) is 2. The third kappa shape index (κ3) is 4.78. The third-order valence-corrected chi connectivity index (χ3v) is 4.83. The van der Waals surface area contributed by atoms with Gasteiger partial charge in [0, 0.05) is 19.4 Å². The van der Waals surface area contributed by atoms with Crippen LogP contribution < -0.4 is 14.8 Å². The first kappa shape index (κ1) is 20.3. The number of nitrogens with one attached hydrogen (secondary N) is 1. The van der Waals surface area contributed by atoms with Crippen LogP contribution in [0.2, 0.25) is 0 Å². The van der Waals surface area contributed by atoms with E-state index in [2.05, 4.69) is 10.3 Å². The number of para-hydroxylation sites is 1. The summed E-state index contributed by atoms with van der Waals surface area (Å²) in [5.41, 5.74) is 0.848. The van der Waals surface area contributed by atoms with Crippen molar-refractivity contribution in [2.24, 2.45) is 7.05 Å². The average Bonchev–Trinajstić information content (AvgIpc) is 3.46. The highest BCUT2D eigenvalue weighted by atomic mass is 16.5. The summed E-state index contributed by atoms with van der Waals surface area (Å²) >= 11 is 0. The van der Waals surface area contributed by atoms with E-state index in [9.17, 15) is 4.79 Å². The number of methoxy groups -OCH3 is 1. The van der Waals surface area contributed by atoms with Crippen molar-refractivity contribution in [2.75, 3.05) is 7.11 Å². The molecule has 158 valence electrons. The molecule has 4 rings (SSSR count). The van der Waals surface area contributed by atoms with Gasteiger partial charge in [0.1, 0.15) is 35.7 Å². The van der Waals surface area contributed by atoms with Gasteiger partial charge in [0.25, 0.3) is 5.91 Å². The second kappa shape index (κ2) is 9.21. The van der Waals surface area contributed by atoms with Crippen LogP contribution in [0.25, 0.3) is 0 Å². The third-order valence-electron chi connectivity index (χ3n) is 4.83. The predicted octanol–water partition coefficient (Wildman–Crippen LogP) is 4.12. The molecule has 0 aliphatic heterocycles. The van der Waals surface area contributed by atoms with E-state index in [-0.39, 0.29) is 18.3 Å². The van der Waals surface area contributed by atoms with E-state index in [0.29, 0.717) is 17.3 Å². The van der Waals surface area contributed by atoms with Gasteiger partial charge in [-0.15, -0.1) is 0 Å². The van der Waals surface area contributed by atoms with Crippen LogP contribution in [-0.4, -0.2) is 22.6 Å². The first-order chi connectivity index (χ1) is 15.1. The second-order valence-electron chi connectivity index (χ2n) is 6.95. The largest absolute Gasteiger partial charge is 0.497 e. The van der Waals surface area contributed by atoms with Crippen molar-refractivity contribution in [3.05, 3.63) is 102 Å². The molecule has 7 nitrogen and oxygen atoms in total. The Morgan fingerprint density at radius 3 is 2.65 bits per heavy atom. The lowest BCUT2D eigenvalue weighted by molar-refractivity contribution is 0.0909. The molecule has 0 aliphatic carbocycles. The second-order valence-corrected chi connectivity index (χ2v) is 6.95. The quantitative estimate of drug-likeness (QED) is 0.467. The molecule has 7 heteroatoms. The van der Waals surface area contributed by atoms with Crippen molar-refractivity contribution in [1.82, 2.24) is 14.9 Å². The Bertz CT molecular complexity index is 1150. The number of hydrogen-bond acceptors (Lipinski definition) is 5. The number of carbonyl (C=O) groups excluding carboxylic acids is 1. The molecule has 1 atom stereocenters. The number of benzene rings is 2. The maximum Gasteiger partial charge on any atom is 0.287 e. The van der Waals surface area contributed by atoms with Gasteiger partial charge in [-0.3, -0.25) is 4.79 Å². The van der Waals surface area contributed by atoms with E-state index in [1.807, 2.05) is 72.4 Å². The topological polar surface area (TPSA) is 78.5 Å². The van der Waals surface area contributed by atoms with Crippen molar-refractivity contribution in [1.29, 1.82) is 0 Å². The Kier molecular flexibility index (Phi) is 6.03. The van der Waals surface area contributed by atoms with E-state index in [1.165, 1.54) is 0 Å². The van der Waals surface area contributed by atoms with Crippen LogP contribution in [0.1, 0.15) is 33.7 Å². The number of aromatic nitrogens is 2. The molecule has 0 aliphatic rings. The Morgan fingerprint density at radius 2 is 1.90 bits per heavy atom. The zero-order valence-electron chi connectivity index (χ0n) is 17.3. The van der Waals surface area contributed by atoms with Crippen molar-refractivity contribution in [2.45, 2.75) is 12.6 Å². The zero-order chi connectivity index (χ0) is 21.6. The highest BCUT2D eigenvalue weighted by Gasteiger charge is 2.23. The lowest BCUT2D eigenvalue weighted by Gasteiger charge is -2.19. The molecule has 0 saturated heterocycles. The number of carbonyl (C=O) groups is 1. The molecule has 0 spiro atoms. The molecule has 31 heavy (non-hydrogen) atoms. The smallest absolute Gasteiger partial charge is 0.287 e. The normalized spacial score (nSPS) is 11.7. The number of furan rings is 1. The molecule has 1 N–H and O–H groups in total. The van der Waals surface area contributed by atoms with Gasteiger partial charge in [-0.25, -0.2) is 4.98 Å². The number of nitrogens with zero attached hydrogens (tertiary/aromatic N) is 2. The molecule has 2 aromatic carbocycles. The Balaban J connectivity index is 1.51. The summed E-state index contributed by atoms with van der Waals surface area (Å²) in [7, 11) is 3.49. The average molecular weight is 417 g/mol. The zero-order valence-corrected chi connectivity index (χ0v) is 17.3. The first-order valence-electron chi connectivity index (χ1n) is 9.82. The Morgan fingerprint density at radius 1 is 1.10 bits per heavy atom. The fourth-order valence-corrected chi connectivity index (χ4v) is 3.22. The molecule has 0 fully saturated rings. The fourth-order valence-electron chi connectivity index (χ4n) is 3.22. The van der Waals surface area contributed by atoms with Crippen LogP contribution in [0, 0.1) is 0 Å². The molecule has 1 amide bonds. The van der Waals surface area contributed by atoms with E-state index >= 15 is 0 Å². The van der Waals surface area contributed by atoms with Gasteiger partial charge in [-0.05, 0) is 42.0 Å². The van der Waals surface area contributed by atoms with Crippen molar-refractivity contribution < 1.29 is 18.7 Å². The van der Waals surface area contributed by atoms with Crippen LogP contribution in [0.5, 0.6) is 11.5 Å². The number of aryl methyl sites for hydroxylation is 1. The van der Waals surface area contributed by atoms with Crippen LogP contribution >= 0.6 is 0 Å². The van der Waals surface area contributed by atoms with Crippen LogP contribution in [-0.2, 0) is 13.7 Å². The van der Waals surface area contributed by atoms with E-state index in [0.717, 1.165) is 11.3 Å². The SMILES string of the molecule is COc1cccc(C(NC(=O)c2ccc(COc3ccccc3)o2)c2nccn2C)c1.